The molecule has 1 aromatic heterocycles. The number of aromatic nitrogens is 2. The summed E-state index contributed by atoms with van der Waals surface area (Å²) in [5, 5.41) is 0. The molecule has 25 heavy (non-hydrogen) atoms. The van der Waals surface area contributed by atoms with Gasteiger partial charge in [-0.25, -0.2) is 4.98 Å². The molecule has 0 unspecified atom stereocenters. The molecule has 0 radical (unpaired) electrons. The summed E-state index contributed by atoms with van der Waals surface area (Å²) in [5.74, 6) is 1.19. The van der Waals surface area contributed by atoms with Crippen molar-refractivity contribution in [2.24, 2.45) is 0 Å². The van der Waals surface area contributed by atoms with E-state index in [0.717, 1.165) is 18.5 Å². The van der Waals surface area contributed by atoms with Crippen LogP contribution >= 0.6 is 0 Å². The first-order valence-corrected chi connectivity index (χ1v) is 9.86. The van der Waals surface area contributed by atoms with Crippen molar-refractivity contribution in [3.8, 4) is 0 Å². The lowest BCUT2D eigenvalue weighted by Crippen LogP contribution is -2.05. The molecule has 0 aliphatic rings. The Morgan fingerprint density at radius 1 is 0.760 bits per heavy atom. The maximum atomic E-state index is 4.91. The van der Waals surface area contributed by atoms with Crippen LogP contribution in [0.4, 0.5) is 0 Å². The lowest BCUT2D eigenvalue weighted by Gasteiger charge is -2.09. The van der Waals surface area contributed by atoms with E-state index in [-0.39, 0.29) is 0 Å². The highest BCUT2D eigenvalue weighted by atomic mass is 15.1. The van der Waals surface area contributed by atoms with Gasteiger partial charge in [0.15, 0.2) is 0 Å². The molecule has 0 amide bonds. The van der Waals surface area contributed by atoms with E-state index < -0.39 is 0 Å². The lowest BCUT2D eigenvalue weighted by atomic mass is 10.1. The summed E-state index contributed by atoms with van der Waals surface area (Å²) in [5.41, 5.74) is 3.73. The minimum Gasteiger partial charge on any atom is -0.328 e. The SMILES string of the molecule is CCCCCCCCCn1c(Cc2ccccc2)nc2ccccc21. The predicted molar refractivity (Wildman–Crippen MR) is 107 cm³/mol. The van der Waals surface area contributed by atoms with Crippen LogP contribution in [0.1, 0.15) is 63.3 Å². The fraction of sp³-hybridized carbons (Fsp3) is 0.435. The van der Waals surface area contributed by atoms with E-state index in [1.165, 1.54) is 61.9 Å². The summed E-state index contributed by atoms with van der Waals surface area (Å²) in [6.45, 7) is 3.36. The Morgan fingerprint density at radius 3 is 2.24 bits per heavy atom. The quantitative estimate of drug-likeness (QED) is 0.393. The van der Waals surface area contributed by atoms with Gasteiger partial charge in [-0.3, -0.25) is 0 Å². The van der Waals surface area contributed by atoms with Gasteiger partial charge in [0.1, 0.15) is 5.82 Å². The molecule has 2 nitrogen and oxygen atoms in total. The van der Waals surface area contributed by atoms with Crippen molar-refractivity contribution in [1.29, 1.82) is 0 Å². The van der Waals surface area contributed by atoms with Crippen molar-refractivity contribution >= 4 is 11.0 Å². The number of unbranched alkanes of at least 4 members (excludes halogenated alkanes) is 6. The first kappa shape index (κ1) is 17.7. The second kappa shape index (κ2) is 9.41. The molecule has 3 rings (SSSR count). The molecule has 0 saturated heterocycles. The Labute approximate surface area is 151 Å². The number of hydrogen-bond donors (Lipinski definition) is 0. The number of rotatable bonds is 10. The summed E-state index contributed by atoms with van der Waals surface area (Å²) in [6.07, 6.45) is 10.3. The molecule has 0 saturated carbocycles. The van der Waals surface area contributed by atoms with Gasteiger partial charge in [-0.05, 0) is 24.1 Å². The van der Waals surface area contributed by atoms with Crippen LogP contribution in [-0.4, -0.2) is 9.55 Å². The van der Waals surface area contributed by atoms with E-state index in [0.29, 0.717) is 0 Å². The molecular weight excluding hydrogens is 304 g/mol. The summed E-state index contributed by atoms with van der Waals surface area (Å²) in [7, 11) is 0. The molecule has 2 aromatic carbocycles. The minimum absolute atomic E-state index is 0.909. The van der Waals surface area contributed by atoms with Crippen molar-refractivity contribution in [1.82, 2.24) is 9.55 Å². The average molecular weight is 335 g/mol. The molecular formula is C23H30N2. The van der Waals surface area contributed by atoms with Gasteiger partial charge in [0.2, 0.25) is 0 Å². The van der Waals surface area contributed by atoms with Crippen molar-refractivity contribution in [3.05, 3.63) is 66.0 Å². The smallest absolute Gasteiger partial charge is 0.114 e. The van der Waals surface area contributed by atoms with Crippen molar-refractivity contribution in [2.75, 3.05) is 0 Å². The number of fused-ring (bicyclic) bond motifs is 1. The number of aryl methyl sites for hydroxylation is 1. The van der Waals surface area contributed by atoms with Gasteiger partial charge in [0.25, 0.3) is 0 Å². The predicted octanol–water partition coefficient (Wildman–Crippen LogP) is 6.38. The number of hydrogen-bond acceptors (Lipinski definition) is 1. The van der Waals surface area contributed by atoms with Crippen LogP contribution in [0.5, 0.6) is 0 Å². The Balaban J connectivity index is 1.66. The van der Waals surface area contributed by atoms with E-state index in [1.807, 2.05) is 0 Å². The maximum Gasteiger partial charge on any atom is 0.114 e. The van der Waals surface area contributed by atoms with Crippen LogP contribution in [0.2, 0.25) is 0 Å². The van der Waals surface area contributed by atoms with Gasteiger partial charge in [-0.15, -0.1) is 0 Å². The van der Waals surface area contributed by atoms with Crippen molar-refractivity contribution < 1.29 is 0 Å². The van der Waals surface area contributed by atoms with Gasteiger partial charge in [0, 0.05) is 13.0 Å². The third-order valence-corrected chi connectivity index (χ3v) is 4.92. The fourth-order valence-electron chi connectivity index (χ4n) is 3.52. The summed E-state index contributed by atoms with van der Waals surface area (Å²) in [4.78, 5) is 4.91. The lowest BCUT2D eigenvalue weighted by molar-refractivity contribution is 0.548. The Kier molecular flexibility index (Phi) is 6.67. The van der Waals surface area contributed by atoms with Gasteiger partial charge >= 0.3 is 0 Å². The normalized spacial score (nSPS) is 11.2. The Hall–Kier alpha value is -2.09. The topological polar surface area (TPSA) is 17.8 Å². The number of nitrogens with zero attached hydrogens (tertiary/aromatic N) is 2. The second-order valence-electron chi connectivity index (χ2n) is 6.95. The zero-order chi connectivity index (χ0) is 17.3. The standard InChI is InChI=1S/C23H30N2/c1-2-3-4-5-6-7-13-18-25-22-17-12-11-16-21(22)24-23(25)19-20-14-9-8-10-15-20/h8-12,14-17H,2-7,13,18-19H2,1H3. The van der Waals surface area contributed by atoms with E-state index in [4.69, 9.17) is 4.98 Å². The zero-order valence-electron chi connectivity index (χ0n) is 15.5. The third kappa shape index (κ3) is 4.94. The third-order valence-electron chi connectivity index (χ3n) is 4.92. The molecule has 0 aliphatic heterocycles. The molecule has 1 heterocycles. The molecule has 0 fully saturated rings. The van der Waals surface area contributed by atoms with Gasteiger partial charge < -0.3 is 4.57 Å². The minimum atomic E-state index is 0.909. The highest BCUT2D eigenvalue weighted by Gasteiger charge is 2.10. The number of imidazole rings is 1. The molecule has 0 N–H and O–H groups in total. The molecule has 0 atom stereocenters. The molecule has 2 heteroatoms. The van der Waals surface area contributed by atoms with E-state index >= 15 is 0 Å². The molecule has 0 spiro atoms. The average Bonchev–Trinajstić information content (AvgIpc) is 2.99. The van der Waals surface area contributed by atoms with Crippen LogP contribution in [0.25, 0.3) is 11.0 Å². The molecule has 132 valence electrons. The van der Waals surface area contributed by atoms with Crippen LogP contribution in [-0.2, 0) is 13.0 Å². The second-order valence-corrected chi connectivity index (χ2v) is 6.95. The van der Waals surface area contributed by atoms with E-state index in [9.17, 15) is 0 Å². The number of para-hydroxylation sites is 2. The number of benzene rings is 2. The van der Waals surface area contributed by atoms with Crippen LogP contribution in [0.15, 0.2) is 54.6 Å². The fourth-order valence-corrected chi connectivity index (χ4v) is 3.52. The molecule has 0 bridgehead atoms. The first-order chi connectivity index (χ1) is 12.4. The van der Waals surface area contributed by atoms with Gasteiger partial charge in [-0.2, -0.15) is 0 Å². The Bertz CT molecular complexity index is 758. The maximum absolute atomic E-state index is 4.91. The molecule has 3 aromatic rings. The van der Waals surface area contributed by atoms with Gasteiger partial charge in [0.05, 0.1) is 11.0 Å². The monoisotopic (exact) mass is 334 g/mol. The first-order valence-electron chi connectivity index (χ1n) is 9.86. The summed E-state index contributed by atoms with van der Waals surface area (Å²) >= 11 is 0. The van der Waals surface area contributed by atoms with E-state index in [2.05, 4.69) is 66.1 Å². The van der Waals surface area contributed by atoms with Gasteiger partial charge in [-0.1, -0.05) is 87.9 Å². The zero-order valence-corrected chi connectivity index (χ0v) is 15.5. The summed E-state index contributed by atoms with van der Waals surface area (Å²) in [6, 6.07) is 19.2. The summed E-state index contributed by atoms with van der Waals surface area (Å²) < 4.78 is 2.44. The van der Waals surface area contributed by atoms with Crippen molar-refractivity contribution in [2.45, 2.75) is 64.8 Å². The molecule has 0 aliphatic carbocycles. The van der Waals surface area contributed by atoms with Crippen molar-refractivity contribution in [3.63, 3.8) is 0 Å². The van der Waals surface area contributed by atoms with Crippen LogP contribution in [0.3, 0.4) is 0 Å². The highest BCUT2D eigenvalue weighted by molar-refractivity contribution is 5.76. The van der Waals surface area contributed by atoms with Crippen LogP contribution < -0.4 is 0 Å². The van der Waals surface area contributed by atoms with E-state index in [1.54, 1.807) is 0 Å². The Morgan fingerprint density at radius 2 is 1.44 bits per heavy atom. The largest absolute Gasteiger partial charge is 0.328 e. The highest BCUT2D eigenvalue weighted by Crippen LogP contribution is 2.20. The van der Waals surface area contributed by atoms with Crippen LogP contribution in [0, 0.1) is 0 Å².